The average Bonchev–Trinajstić information content (AvgIpc) is 2.43. The SMILES string of the molecule is CC(C(=O)O)N(O)C(=O)CCP(CCC(=O)O)CCC(=O)O. The van der Waals surface area contributed by atoms with E-state index in [1.807, 2.05) is 0 Å². The van der Waals surface area contributed by atoms with E-state index < -0.39 is 37.8 Å². The van der Waals surface area contributed by atoms with Gasteiger partial charge in [-0.2, -0.15) is 0 Å². The zero-order valence-electron chi connectivity index (χ0n) is 12.1. The molecule has 0 saturated heterocycles. The Morgan fingerprint density at radius 1 is 0.909 bits per heavy atom. The van der Waals surface area contributed by atoms with Crippen molar-refractivity contribution >= 4 is 31.7 Å². The van der Waals surface area contributed by atoms with Crippen molar-refractivity contribution in [3.63, 3.8) is 0 Å². The molecule has 0 heterocycles. The predicted octanol–water partition coefficient (Wildman–Crippen LogP) is 0.499. The van der Waals surface area contributed by atoms with Gasteiger partial charge in [-0.05, 0) is 25.4 Å². The van der Waals surface area contributed by atoms with Gasteiger partial charge in [0.1, 0.15) is 0 Å². The van der Waals surface area contributed by atoms with Gasteiger partial charge in [-0.1, -0.05) is 0 Å². The summed E-state index contributed by atoms with van der Waals surface area (Å²) in [5.74, 6) is -4.14. The molecular formula is C12H20NO8P. The quantitative estimate of drug-likeness (QED) is 0.241. The normalized spacial score (nSPS) is 12.0. The van der Waals surface area contributed by atoms with Crippen molar-refractivity contribution in [1.82, 2.24) is 5.06 Å². The molecule has 0 spiro atoms. The number of carboxylic acid groups (broad SMARTS) is 3. The number of carbonyl (C=O) groups excluding carboxylic acids is 1. The largest absolute Gasteiger partial charge is 0.481 e. The minimum Gasteiger partial charge on any atom is -0.481 e. The molecule has 10 heteroatoms. The van der Waals surface area contributed by atoms with E-state index >= 15 is 0 Å². The van der Waals surface area contributed by atoms with E-state index in [1.165, 1.54) is 0 Å². The minimum absolute atomic E-state index is 0.117. The third-order valence-electron chi connectivity index (χ3n) is 2.91. The van der Waals surface area contributed by atoms with E-state index in [4.69, 9.17) is 15.3 Å². The average molecular weight is 337 g/mol. The number of nitrogens with zero attached hydrogens (tertiary/aromatic N) is 1. The molecule has 0 aliphatic heterocycles. The van der Waals surface area contributed by atoms with Crippen LogP contribution in [0.5, 0.6) is 0 Å². The van der Waals surface area contributed by atoms with Crippen LogP contribution in [-0.2, 0) is 19.2 Å². The molecule has 0 bridgehead atoms. The molecule has 1 atom stereocenters. The standard InChI is InChI=1S/C12H20NO8P/c1-8(12(19)20)13(21)9(14)2-5-22(6-3-10(15)16)7-4-11(17)18/h8,21H,2-7H2,1H3,(H,15,16)(H,17,18)(H,19,20). The Balaban J connectivity index is 4.45. The molecule has 0 aromatic rings. The first-order valence-electron chi connectivity index (χ1n) is 6.54. The molecule has 0 aromatic heterocycles. The molecule has 0 aromatic carbocycles. The number of hydrogen-bond acceptors (Lipinski definition) is 5. The first-order valence-corrected chi connectivity index (χ1v) is 8.44. The number of aliphatic carboxylic acids is 3. The van der Waals surface area contributed by atoms with Gasteiger partial charge in [0.05, 0.1) is 0 Å². The number of amides is 1. The summed E-state index contributed by atoms with van der Waals surface area (Å²) in [5.41, 5.74) is 0. The lowest BCUT2D eigenvalue weighted by molar-refractivity contribution is -0.183. The van der Waals surface area contributed by atoms with Crippen molar-refractivity contribution in [2.24, 2.45) is 0 Å². The smallest absolute Gasteiger partial charge is 0.328 e. The van der Waals surface area contributed by atoms with E-state index in [-0.39, 0.29) is 42.8 Å². The molecule has 1 unspecified atom stereocenters. The van der Waals surface area contributed by atoms with Crippen molar-refractivity contribution in [3.05, 3.63) is 0 Å². The van der Waals surface area contributed by atoms with Crippen LogP contribution in [-0.4, -0.2) is 73.9 Å². The maximum absolute atomic E-state index is 11.7. The zero-order valence-corrected chi connectivity index (χ0v) is 13.0. The highest BCUT2D eigenvalue weighted by molar-refractivity contribution is 7.57. The van der Waals surface area contributed by atoms with Gasteiger partial charge in [0.15, 0.2) is 6.04 Å². The second kappa shape index (κ2) is 10.1. The van der Waals surface area contributed by atoms with E-state index in [0.717, 1.165) is 6.92 Å². The maximum Gasteiger partial charge on any atom is 0.328 e. The number of carboxylic acids is 3. The number of hydrogen-bond donors (Lipinski definition) is 4. The monoisotopic (exact) mass is 337 g/mol. The second-order valence-electron chi connectivity index (χ2n) is 4.63. The fourth-order valence-electron chi connectivity index (χ4n) is 1.53. The van der Waals surface area contributed by atoms with Gasteiger partial charge in [0, 0.05) is 19.3 Å². The van der Waals surface area contributed by atoms with Crippen LogP contribution in [0.2, 0.25) is 0 Å². The topological polar surface area (TPSA) is 152 Å². The van der Waals surface area contributed by atoms with Gasteiger partial charge in [-0.3, -0.25) is 19.6 Å². The van der Waals surface area contributed by atoms with Crippen LogP contribution in [0.4, 0.5) is 0 Å². The summed E-state index contributed by atoms with van der Waals surface area (Å²) in [6.07, 6.45) is 0.426. The van der Waals surface area contributed by atoms with Crippen LogP contribution in [0.1, 0.15) is 26.2 Å². The molecule has 0 saturated carbocycles. The van der Waals surface area contributed by atoms with Gasteiger partial charge in [-0.15, -0.1) is 7.92 Å². The van der Waals surface area contributed by atoms with Crippen molar-refractivity contribution in [2.75, 3.05) is 18.5 Å². The van der Waals surface area contributed by atoms with Crippen molar-refractivity contribution in [2.45, 2.75) is 32.2 Å². The summed E-state index contributed by atoms with van der Waals surface area (Å²) in [5, 5.41) is 35.6. The summed E-state index contributed by atoms with van der Waals surface area (Å²) in [6, 6.07) is -1.38. The number of rotatable bonds is 11. The predicted molar refractivity (Wildman–Crippen MR) is 76.4 cm³/mol. The fraction of sp³-hybridized carbons (Fsp3) is 0.667. The molecule has 0 radical (unpaired) electrons. The molecule has 9 nitrogen and oxygen atoms in total. The Bertz CT molecular complexity index is 409. The van der Waals surface area contributed by atoms with Crippen LogP contribution < -0.4 is 0 Å². The van der Waals surface area contributed by atoms with Crippen LogP contribution >= 0.6 is 7.92 Å². The summed E-state index contributed by atoms with van der Waals surface area (Å²) in [4.78, 5) is 43.5. The van der Waals surface area contributed by atoms with Gasteiger partial charge in [0.2, 0.25) is 5.91 Å². The van der Waals surface area contributed by atoms with Gasteiger partial charge < -0.3 is 15.3 Å². The highest BCUT2D eigenvalue weighted by atomic mass is 31.1. The Morgan fingerprint density at radius 2 is 1.32 bits per heavy atom. The van der Waals surface area contributed by atoms with E-state index in [1.54, 1.807) is 0 Å². The summed E-state index contributed by atoms with van der Waals surface area (Å²) in [7, 11) is -0.985. The molecule has 22 heavy (non-hydrogen) atoms. The lowest BCUT2D eigenvalue weighted by atomic mass is 10.3. The molecular weight excluding hydrogens is 317 g/mol. The molecule has 4 N–H and O–H groups in total. The number of hydroxylamine groups is 2. The Labute approximate surface area is 128 Å². The third kappa shape index (κ3) is 8.53. The van der Waals surface area contributed by atoms with Gasteiger partial charge >= 0.3 is 17.9 Å². The van der Waals surface area contributed by atoms with Crippen molar-refractivity contribution in [1.29, 1.82) is 0 Å². The lowest BCUT2D eigenvalue weighted by Gasteiger charge is -2.21. The first kappa shape index (κ1) is 20.3. The minimum atomic E-state index is -1.38. The molecule has 0 fully saturated rings. The van der Waals surface area contributed by atoms with E-state index in [9.17, 15) is 24.4 Å². The molecule has 1 amide bonds. The Morgan fingerprint density at radius 3 is 1.68 bits per heavy atom. The van der Waals surface area contributed by atoms with Gasteiger partial charge in [0.25, 0.3) is 0 Å². The van der Waals surface area contributed by atoms with Crippen LogP contribution in [0.3, 0.4) is 0 Å². The first-order chi connectivity index (χ1) is 10.1. The highest BCUT2D eigenvalue weighted by Crippen LogP contribution is 2.37. The summed E-state index contributed by atoms with van der Waals surface area (Å²) < 4.78 is 0. The second-order valence-corrected chi connectivity index (χ2v) is 7.31. The van der Waals surface area contributed by atoms with Crippen molar-refractivity contribution in [3.8, 4) is 0 Å². The fourth-order valence-corrected chi connectivity index (χ4v) is 3.73. The van der Waals surface area contributed by atoms with Crippen LogP contribution in [0, 0.1) is 0 Å². The molecule has 0 aliphatic rings. The number of carbonyl (C=O) groups is 4. The lowest BCUT2D eigenvalue weighted by Crippen LogP contribution is -2.40. The third-order valence-corrected chi connectivity index (χ3v) is 5.47. The van der Waals surface area contributed by atoms with Crippen molar-refractivity contribution < 1.29 is 39.7 Å². The Kier molecular flexibility index (Phi) is 9.28. The highest BCUT2D eigenvalue weighted by Gasteiger charge is 2.24. The zero-order chi connectivity index (χ0) is 17.3. The summed E-state index contributed by atoms with van der Waals surface area (Å²) >= 11 is 0. The summed E-state index contributed by atoms with van der Waals surface area (Å²) in [6.45, 7) is 1.15. The molecule has 126 valence electrons. The van der Waals surface area contributed by atoms with Crippen LogP contribution in [0.15, 0.2) is 0 Å². The maximum atomic E-state index is 11.7. The van der Waals surface area contributed by atoms with Gasteiger partial charge in [-0.25, -0.2) is 9.86 Å². The Hall–Kier alpha value is -1.73. The molecule has 0 aliphatic carbocycles. The molecule has 0 rings (SSSR count). The van der Waals surface area contributed by atoms with Crippen LogP contribution in [0.25, 0.3) is 0 Å². The van der Waals surface area contributed by atoms with E-state index in [0.29, 0.717) is 0 Å². The van der Waals surface area contributed by atoms with E-state index in [2.05, 4.69) is 0 Å².